The Kier molecular flexibility index (Phi) is 7.75. The molecule has 0 radical (unpaired) electrons. The molecule has 5 nitrogen and oxygen atoms in total. The van der Waals surface area contributed by atoms with Crippen LogP contribution in [-0.2, 0) is 4.74 Å². The number of nitrogens with one attached hydrogen (secondary N) is 1. The molecule has 1 aliphatic rings. The summed E-state index contributed by atoms with van der Waals surface area (Å²) in [7, 11) is 0. The second kappa shape index (κ2) is 10.0. The number of benzene rings is 3. The summed E-state index contributed by atoms with van der Waals surface area (Å²) in [5.41, 5.74) is 1.77. The number of aromatic carboxylic acids is 1. The summed E-state index contributed by atoms with van der Waals surface area (Å²) in [6.45, 7) is -4.40. The van der Waals surface area contributed by atoms with Crippen LogP contribution >= 0.6 is 0 Å². The van der Waals surface area contributed by atoms with Gasteiger partial charge in [-0.3, -0.25) is 5.32 Å². The van der Waals surface area contributed by atoms with Crippen molar-refractivity contribution >= 4 is 30.2 Å². The maximum atomic E-state index is 13.4. The first-order valence-electron chi connectivity index (χ1n) is 9.86. The molecule has 164 valence electrons. The van der Waals surface area contributed by atoms with Crippen molar-refractivity contribution in [1.82, 2.24) is 0 Å². The molecule has 1 amide bonds. The summed E-state index contributed by atoms with van der Waals surface area (Å²) >= 11 is 0. The number of ether oxygens (including phenoxy) is 1. The molecular weight excluding hydrogens is 461 g/mol. The Morgan fingerprint density at radius 2 is 1.55 bits per heavy atom. The molecular formula is C23H18BF3KNO4. The fourth-order valence-electron chi connectivity index (χ4n) is 4.12. The molecule has 0 saturated carbocycles. The Labute approximate surface area is 230 Å². The van der Waals surface area contributed by atoms with E-state index in [1.54, 1.807) is 0 Å². The van der Waals surface area contributed by atoms with E-state index in [2.05, 4.69) is 5.32 Å². The molecule has 4 rings (SSSR count). The van der Waals surface area contributed by atoms with Gasteiger partial charge in [-0.15, -0.1) is 5.46 Å². The molecule has 0 bridgehead atoms. The summed E-state index contributed by atoms with van der Waals surface area (Å²) in [5.74, 6) is -1.73. The number of rotatable bonds is 5. The van der Waals surface area contributed by atoms with Crippen molar-refractivity contribution in [2.24, 2.45) is 0 Å². The molecule has 0 heterocycles. The van der Waals surface area contributed by atoms with E-state index < -0.39 is 35.6 Å². The van der Waals surface area contributed by atoms with E-state index in [0.29, 0.717) is 0 Å². The number of carboxylic acids is 1. The van der Waals surface area contributed by atoms with Gasteiger partial charge >= 0.3 is 70.4 Å². The SMILES string of the molecule is Cc1c(C(=O)O)cc(NC(=O)OCC2c3ccccc3-c3ccccc32)cc1[B-](F)(F)F.[K+]. The summed E-state index contributed by atoms with van der Waals surface area (Å²) in [5, 5.41) is 11.5. The van der Waals surface area contributed by atoms with Crippen molar-refractivity contribution in [3.63, 3.8) is 0 Å². The zero-order valence-electron chi connectivity index (χ0n) is 17.9. The van der Waals surface area contributed by atoms with Crippen LogP contribution in [-0.4, -0.2) is 30.8 Å². The van der Waals surface area contributed by atoms with E-state index in [0.717, 1.165) is 41.3 Å². The van der Waals surface area contributed by atoms with Crippen LogP contribution in [0.25, 0.3) is 11.1 Å². The van der Waals surface area contributed by atoms with Crippen LogP contribution in [0.3, 0.4) is 0 Å². The molecule has 0 atom stereocenters. The van der Waals surface area contributed by atoms with Gasteiger partial charge in [0.25, 0.3) is 0 Å². The van der Waals surface area contributed by atoms with E-state index in [4.69, 9.17) is 4.74 Å². The minimum atomic E-state index is -5.46. The van der Waals surface area contributed by atoms with Crippen LogP contribution in [0.4, 0.5) is 23.4 Å². The normalized spacial score (nSPS) is 12.4. The number of carbonyl (C=O) groups excluding carboxylic acids is 1. The second-order valence-corrected chi connectivity index (χ2v) is 7.57. The van der Waals surface area contributed by atoms with E-state index in [9.17, 15) is 27.6 Å². The minimum Gasteiger partial charge on any atom is -0.478 e. The summed E-state index contributed by atoms with van der Waals surface area (Å²) in [6, 6.07) is 17.2. The monoisotopic (exact) mass is 479 g/mol. The summed E-state index contributed by atoms with van der Waals surface area (Å²) in [6.07, 6.45) is -0.965. The first kappa shape index (κ1) is 25.5. The third kappa shape index (κ3) is 5.20. The predicted octanol–water partition coefficient (Wildman–Crippen LogP) is 2.11. The van der Waals surface area contributed by atoms with Gasteiger partial charge < -0.3 is 22.8 Å². The zero-order valence-corrected chi connectivity index (χ0v) is 21.1. The Bertz CT molecular complexity index is 1190. The van der Waals surface area contributed by atoms with Crippen LogP contribution in [0.1, 0.15) is 33.0 Å². The van der Waals surface area contributed by atoms with Gasteiger partial charge in [0.15, 0.2) is 0 Å². The van der Waals surface area contributed by atoms with Gasteiger partial charge in [0.05, 0.1) is 5.56 Å². The van der Waals surface area contributed by atoms with Crippen molar-refractivity contribution in [1.29, 1.82) is 0 Å². The quantitative estimate of drug-likeness (QED) is 0.550. The summed E-state index contributed by atoms with van der Waals surface area (Å²) in [4.78, 5) is 23.7. The fourth-order valence-corrected chi connectivity index (χ4v) is 4.12. The van der Waals surface area contributed by atoms with E-state index in [1.807, 2.05) is 48.5 Å². The van der Waals surface area contributed by atoms with Gasteiger partial charge in [0, 0.05) is 11.6 Å². The average Bonchev–Trinajstić information content (AvgIpc) is 3.06. The maximum Gasteiger partial charge on any atom is 1.00 e. The van der Waals surface area contributed by atoms with Crippen LogP contribution in [0.5, 0.6) is 0 Å². The number of fused-ring (bicyclic) bond motifs is 3. The smallest absolute Gasteiger partial charge is 0.478 e. The molecule has 0 unspecified atom stereocenters. The Balaban J connectivity index is 0.00000306. The number of hydrogen-bond acceptors (Lipinski definition) is 3. The molecule has 0 fully saturated rings. The molecule has 0 aromatic heterocycles. The Hall–Kier alpha value is -2.11. The number of carbonyl (C=O) groups is 2. The third-order valence-electron chi connectivity index (χ3n) is 5.62. The standard InChI is InChI=1S/C23H18BF3NO4.K/c1-13-19(22(29)30)10-14(11-21(13)24(25,26)27)28-23(31)32-12-20-17-8-4-2-6-15(17)16-7-3-5-9-18(16)20;/h2-11,20H,12H2,1H3,(H,28,31)(H,29,30);/q-1;+1. The molecule has 0 aliphatic heterocycles. The number of amides is 1. The molecule has 3 aromatic carbocycles. The molecule has 10 heteroatoms. The van der Waals surface area contributed by atoms with Crippen molar-refractivity contribution in [3.05, 3.63) is 82.9 Å². The van der Waals surface area contributed by atoms with E-state index in [-0.39, 0.29) is 69.6 Å². The molecule has 0 saturated heterocycles. The van der Waals surface area contributed by atoms with Crippen LogP contribution in [0.2, 0.25) is 0 Å². The fraction of sp³-hybridized carbons (Fsp3) is 0.130. The van der Waals surface area contributed by atoms with Gasteiger partial charge in [-0.2, -0.15) is 0 Å². The molecule has 33 heavy (non-hydrogen) atoms. The van der Waals surface area contributed by atoms with Gasteiger partial charge in [0.2, 0.25) is 0 Å². The molecule has 3 aromatic rings. The predicted molar refractivity (Wildman–Crippen MR) is 116 cm³/mol. The average molecular weight is 479 g/mol. The summed E-state index contributed by atoms with van der Waals surface area (Å²) < 4.78 is 45.4. The van der Waals surface area contributed by atoms with E-state index in [1.165, 1.54) is 0 Å². The van der Waals surface area contributed by atoms with Crippen LogP contribution < -0.4 is 62.2 Å². The largest absolute Gasteiger partial charge is 1.00 e. The van der Waals surface area contributed by atoms with Crippen molar-refractivity contribution in [3.8, 4) is 11.1 Å². The number of carboxylic acid groups (broad SMARTS) is 1. The van der Waals surface area contributed by atoms with Gasteiger partial charge in [-0.25, -0.2) is 9.59 Å². The molecule has 0 spiro atoms. The minimum absolute atomic E-state index is 0. The Morgan fingerprint density at radius 1 is 1.00 bits per heavy atom. The van der Waals surface area contributed by atoms with Gasteiger partial charge in [0.1, 0.15) is 6.61 Å². The van der Waals surface area contributed by atoms with Crippen molar-refractivity contribution in [2.45, 2.75) is 12.8 Å². The first-order chi connectivity index (χ1) is 15.2. The second-order valence-electron chi connectivity index (χ2n) is 7.57. The first-order valence-corrected chi connectivity index (χ1v) is 9.86. The van der Waals surface area contributed by atoms with Gasteiger partial charge in [-0.05, 0) is 35.2 Å². The van der Waals surface area contributed by atoms with Crippen molar-refractivity contribution in [2.75, 3.05) is 11.9 Å². The van der Waals surface area contributed by atoms with Crippen LogP contribution in [0, 0.1) is 6.92 Å². The van der Waals surface area contributed by atoms with E-state index >= 15 is 0 Å². The topological polar surface area (TPSA) is 75.6 Å². The van der Waals surface area contributed by atoms with Gasteiger partial charge in [-0.1, -0.05) is 60.2 Å². The number of hydrogen-bond donors (Lipinski definition) is 2. The number of halogens is 3. The molecule has 1 aliphatic carbocycles. The molecule has 2 N–H and O–H groups in total. The maximum absolute atomic E-state index is 13.4. The van der Waals surface area contributed by atoms with Crippen molar-refractivity contribution < 1.29 is 83.8 Å². The zero-order chi connectivity index (χ0) is 23.0. The Morgan fingerprint density at radius 3 is 2.06 bits per heavy atom. The third-order valence-corrected chi connectivity index (χ3v) is 5.62. The van der Waals surface area contributed by atoms with Crippen LogP contribution in [0.15, 0.2) is 60.7 Å². The number of anilines is 1.